The van der Waals surface area contributed by atoms with Gasteiger partial charge in [-0.2, -0.15) is 0 Å². The lowest BCUT2D eigenvalue weighted by Gasteiger charge is -2.27. The molecule has 1 unspecified atom stereocenters. The molecule has 0 aliphatic carbocycles. The van der Waals surface area contributed by atoms with Gasteiger partial charge in [-0.1, -0.05) is 0 Å². The van der Waals surface area contributed by atoms with Gasteiger partial charge in [-0.05, 0) is 13.0 Å². The van der Waals surface area contributed by atoms with Crippen LogP contribution in [0.5, 0.6) is 0 Å². The smallest absolute Gasteiger partial charge is 0.146 e. The highest BCUT2D eigenvalue weighted by molar-refractivity contribution is 5.81. The summed E-state index contributed by atoms with van der Waals surface area (Å²) in [6, 6.07) is 0. The predicted molar refractivity (Wildman–Crippen MR) is 48.6 cm³/mol. The van der Waals surface area contributed by atoms with E-state index in [-0.39, 0.29) is 5.78 Å². The SMILES string of the molecule is COCC(O)CN1CCCC(=O)C1. The molecule has 1 aliphatic rings. The molecule has 0 aromatic heterocycles. The third kappa shape index (κ3) is 3.85. The van der Waals surface area contributed by atoms with Crippen molar-refractivity contribution in [2.75, 3.05) is 33.4 Å². The van der Waals surface area contributed by atoms with Crippen molar-refractivity contribution in [3.8, 4) is 0 Å². The average Bonchev–Trinajstić information content (AvgIpc) is 2.04. The summed E-state index contributed by atoms with van der Waals surface area (Å²) in [5.74, 6) is 0.274. The van der Waals surface area contributed by atoms with Gasteiger partial charge in [0.25, 0.3) is 0 Å². The molecule has 0 spiro atoms. The summed E-state index contributed by atoms with van der Waals surface area (Å²) in [7, 11) is 1.56. The second-order valence-corrected chi connectivity index (χ2v) is 3.49. The lowest BCUT2D eigenvalue weighted by Crippen LogP contribution is -2.41. The number of hydrogen-bond donors (Lipinski definition) is 1. The Morgan fingerprint density at radius 3 is 3.08 bits per heavy atom. The van der Waals surface area contributed by atoms with E-state index in [0.29, 0.717) is 26.1 Å². The largest absolute Gasteiger partial charge is 0.389 e. The summed E-state index contributed by atoms with van der Waals surface area (Å²) < 4.78 is 4.81. The zero-order valence-electron chi connectivity index (χ0n) is 8.03. The Hall–Kier alpha value is -0.450. The van der Waals surface area contributed by atoms with Crippen LogP contribution in [-0.4, -0.2) is 55.2 Å². The van der Waals surface area contributed by atoms with Gasteiger partial charge in [-0.15, -0.1) is 0 Å². The first kappa shape index (κ1) is 10.6. The van der Waals surface area contributed by atoms with Crippen LogP contribution in [0.1, 0.15) is 12.8 Å². The van der Waals surface area contributed by atoms with E-state index in [1.54, 1.807) is 7.11 Å². The normalized spacial score (nSPS) is 21.8. The molecule has 4 nitrogen and oxygen atoms in total. The summed E-state index contributed by atoms with van der Waals surface area (Å²) in [4.78, 5) is 13.0. The number of aliphatic hydroxyl groups excluding tert-OH is 1. The Bertz CT molecular complexity index is 172. The number of hydrogen-bond acceptors (Lipinski definition) is 4. The Morgan fingerprint density at radius 2 is 2.46 bits per heavy atom. The number of Topliss-reactive ketones (excluding diaryl/α,β-unsaturated/α-hetero) is 1. The fraction of sp³-hybridized carbons (Fsp3) is 0.889. The van der Waals surface area contributed by atoms with Crippen molar-refractivity contribution in [1.82, 2.24) is 4.90 Å². The second kappa shape index (κ2) is 5.32. The van der Waals surface area contributed by atoms with Gasteiger partial charge >= 0.3 is 0 Å². The van der Waals surface area contributed by atoms with Gasteiger partial charge in [0.2, 0.25) is 0 Å². The average molecular weight is 187 g/mol. The van der Waals surface area contributed by atoms with Crippen LogP contribution in [0.4, 0.5) is 0 Å². The van der Waals surface area contributed by atoms with Crippen molar-refractivity contribution in [2.24, 2.45) is 0 Å². The standard InChI is InChI=1S/C9H17NO3/c1-13-7-9(12)6-10-4-2-3-8(11)5-10/h9,12H,2-7H2,1H3. The summed E-state index contributed by atoms with van der Waals surface area (Å²) in [5.41, 5.74) is 0. The molecule has 1 aliphatic heterocycles. The number of nitrogens with zero attached hydrogens (tertiary/aromatic N) is 1. The van der Waals surface area contributed by atoms with E-state index in [2.05, 4.69) is 0 Å². The third-order valence-electron chi connectivity index (χ3n) is 2.16. The highest BCUT2D eigenvalue weighted by atomic mass is 16.5. The molecular weight excluding hydrogens is 170 g/mol. The molecular formula is C9H17NO3. The maximum absolute atomic E-state index is 11.1. The van der Waals surface area contributed by atoms with Crippen molar-refractivity contribution in [1.29, 1.82) is 0 Å². The minimum Gasteiger partial charge on any atom is -0.389 e. The first-order chi connectivity index (χ1) is 6.22. The molecule has 0 bridgehead atoms. The highest BCUT2D eigenvalue weighted by Crippen LogP contribution is 2.06. The zero-order valence-corrected chi connectivity index (χ0v) is 8.03. The van der Waals surface area contributed by atoms with Gasteiger partial charge in [-0.25, -0.2) is 0 Å². The summed E-state index contributed by atoms with van der Waals surface area (Å²) in [5, 5.41) is 9.41. The number of piperidine rings is 1. The molecule has 1 N–H and O–H groups in total. The van der Waals surface area contributed by atoms with Gasteiger partial charge in [0, 0.05) is 20.1 Å². The molecule has 1 atom stereocenters. The monoisotopic (exact) mass is 187 g/mol. The van der Waals surface area contributed by atoms with Crippen molar-refractivity contribution < 1.29 is 14.6 Å². The quantitative estimate of drug-likeness (QED) is 0.654. The van der Waals surface area contributed by atoms with Gasteiger partial charge < -0.3 is 9.84 Å². The predicted octanol–water partition coefficient (Wildman–Crippen LogP) is -0.341. The fourth-order valence-electron chi connectivity index (χ4n) is 1.61. The van der Waals surface area contributed by atoms with Crippen molar-refractivity contribution in [2.45, 2.75) is 18.9 Å². The van der Waals surface area contributed by atoms with Crippen molar-refractivity contribution in [3.05, 3.63) is 0 Å². The fourth-order valence-corrected chi connectivity index (χ4v) is 1.61. The number of β-amino-alcohol motifs (C(OH)–C–C–N with tert-alkyl or cyclic N) is 1. The zero-order chi connectivity index (χ0) is 9.68. The molecule has 1 fully saturated rings. The lowest BCUT2D eigenvalue weighted by atomic mass is 10.1. The number of methoxy groups -OCH3 is 1. The van der Waals surface area contributed by atoms with Crippen LogP contribution >= 0.6 is 0 Å². The van der Waals surface area contributed by atoms with E-state index in [4.69, 9.17) is 4.74 Å². The number of aliphatic hydroxyl groups is 1. The maximum Gasteiger partial charge on any atom is 0.146 e. The summed E-state index contributed by atoms with van der Waals surface area (Å²) in [6.45, 7) is 2.28. The number of ether oxygens (including phenoxy) is 1. The molecule has 1 heterocycles. The van der Waals surface area contributed by atoms with Crippen LogP contribution in [0.3, 0.4) is 0 Å². The Kier molecular flexibility index (Phi) is 4.35. The number of carbonyl (C=O) groups excluding carboxylic acids is 1. The number of ketones is 1. The summed E-state index contributed by atoms with van der Waals surface area (Å²) >= 11 is 0. The van der Waals surface area contributed by atoms with Crippen LogP contribution in [0.2, 0.25) is 0 Å². The van der Waals surface area contributed by atoms with Gasteiger partial charge in [0.05, 0.1) is 19.3 Å². The van der Waals surface area contributed by atoms with Gasteiger partial charge in [-0.3, -0.25) is 9.69 Å². The first-order valence-electron chi connectivity index (χ1n) is 4.63. The molecule has 1 saturated heterocycles. The number of carbonyl (C=O) groups is 1. The van der Waals surface area contributed by atoms with E-state index in [1.807, 2.05) is 4.90 Å². The number of likely N-dealkylation sites (tertiary alicyclic amines) is 1. The van der Waals surface area contributed by atoms with E-state index in [9.17, 15) is 9.90 Å². The van der Waals surface area contributed by atoms with Crippen molar-refractivity contribution in [3.63, 3.8) is 0 Å². The number of rotatable bonds is 4. The molecule has 4 heteroatoms. The Labute approximate surface area is 78.5 Å². The van der Waals surface area contributed by atoms with Crippen LogP contribution in [-0.2, 0) is 9.53 Å². The molecule has 1 rings (SSSR count). The lowest BCUT2D eigenvalue weighted by molar-refractivity contribution is -0.122. The van der Waals surface area contributed by atoms with Crippen molar-refractivity contribution >= 4 is 5.78 Å². The van der Waals surface area contributed by atoms with Crippen LogP contribution in [0.15, 0.2) is 0 Å². The topological polar surface area (TPSA) is 49.8 Å². The minimum absolute atomic E-state index is 0.274. The molecule has 13 heavy (non-hydrogen) atoms. The van der Waals surface area contributed by atoms with E-state index in [0.717, 1.165) is 13.0 Å². The summed E-state index contributed by atoms with van der Waals surface area (Å²) in [6.07, 6.45) is 1.13. The molecule has 0 saturated carbocycles. The van der Waals surface area contributed by atoms with E-state index in [1.165, 1.54) is 0 Å². The van der Waals surface area contributed by atoms with E-state index < -0.39 is 6.10 Å². The molecule has 0 amide bonds. The molecule has 0 aromatic rings. The van der Waals surface area contributed by atoms with Gasteiger partial charge in [0.1, 0.15) is 5.78 Å². The first-order valence-corrected chi connectivity index (χ1v) is 4.63. The highest BCUT2D eigenvalue weighted by Gasteiger charge is 2.18. The second-order valence-electron chi connectivity index (χ2n) is 3.49. The van der Waals surface area contributed by atoms with Gasteiger partial charge in [0.15, 0.2) is 0 Å². The van der Waals surface area contributed by atoms with Crippen LogP contribution in [0.25, 0.3) is 0 Å². The third-order valence-corrected chi connectivity index (χ3v) is 2.16. The van der Waals surface area contributed by atoms with E-state index >= 15 is 0 Å². The Morgan fingerprint density at radius 1 is 1.69 bits per heavy atom. The Balaban J connectivity index is 2.23. The molecule has 0 radical (unpaired) electrons. The van der Waals surface area contributed by atoms with Crippen LogP contribution < -0.4 is 0 Å². The molecule has 0 aromatic carbocycles. The van der Waals surface area contributed by atoms with Crippen LogP contribution in [0, 0.1) is 0 Å². The molecule has 76 valence electrons. The maximum atomic E-state index is 11.1. The minimum atomic E-state index is -0.476.